The number of hydrogen-bond acceptors (Lipinski definition) is 4. The molecule has 1 amide bonds. The number of para-hydroxylation sites is 1. The van der Waals surface area contributed by atoms with Crippen molar-refractivity contribution >= 4 is 22.8 Å². The van der Waals surface area contributed by atoms with E-state index in [4.69, 9.17) is 4.74 Å². The van der Waals surface area contributed by atoms with E-state index in [0.717, 1.165) is 10.9 Å². The van der Waals surface area contributed by atoms with Gasteiger partial charge in [0.15, 0.2) is 0 Å². The molecule has 5 nitrogen and oxygen atoms in total. The summed E-state index contributed by atoms with van der Waals surface area (Å²) in [5.41, 5.74) is 1.27. The number of methoxy groups -OCH3 is 1. The molecule has 1 atom stereocenters. The molecule has 0 bridgehead atoms. The quantitative estimate of drug-likeness (QED) is 0.717. The molecule has 1 N–H and O–H groups in total. The molecule has 0 unspecified atom stereocenters. The van der Waals surface area contributed by atoms with Crippen LogP contribution in [0.5, 0.6) is 0 Å². The highest BCUT2D eigenvalue weighted by Gasteiger charge is 2.24. The molecule has 26 heavy (non-hydrogen) atoms. The fourth-order valence-corrected chi connectivity index (χ4v) is 2.65. The van der Waals surface area contributed by atoms with Crippen molar-refractivity contribution in [2.75, 3.05) is 7.11 Å². The second-order valence-corrected chi connectivity index (χ2v) is 5.73. The number of carbonyl (C=O) groups is 2. The van der Waals surface area contributed by atoms with Crippen LogP contribution in [-0.4, -0.2) is 30.0 Å². The molecule has 0 radical (unpaired) electrons. The third kappa shape index (κ3) is 3.85. The Hall–Kier alpha value is -3.28. The van der Waals surface area contributed by atoms with Crippen LogP contribution in [0.1, 0.15) is 16.1 Å². The van der Waals surface area contributed by atoms with Gasteiger partial charge in [-0.15, -0.1) is 0 Å². The summed E-state index contributed by atoms with van der Waals surface area (Å²) >= 11 is 0. The summed E-state index contributed by atoms with van der Waals surface area (Å²) in [5, 5.41) is 3.50. The number of carbonyl (C=O) groups excluding carboxylic acids is 2. The van der Waals surface area contributed by atoms with Gasteiger partial charge in [-0.25, -0.2) is 9.18 Å². The predicted octanol–water partition coefficient (Wildman–Crippen LogP) is 2.89. The van der Waals surface area contributed by atoms with E-state index in [0.29, 0.717) is 5.69 Å². The smallest absolute Gasteiger partial charge is 0.328 e. The Balaban J connectivity index is 1.82. The lowest BCUT2D eigenvalue weighted by Crippen LogP contribution is -2.43. The molecule has 0 saturated heterocycles. The third-order valence-electron chi connectivity index (χ3n) is 3.98. The Morgan fingerprint density at radius 1 is 1.08 bits per heavy atom. The number of ether oxygens (including phenoxy) is 1. The fraction of sp³-hybridized carbons (Fsp3) is 0.150. The van der Waals surface area contributed by atoms with Crippen LogP contribution in [0.3, 0.4) is 0 Å². The molecule has 0 fully saturated rings. The Kier molecular flexibility index (Phi) is 5.22. The SMILES string of the molecule is COC(=O)[C@@H](Cc1ccc2ccccc2n1)NC(=O)c1ccccc1F. The minimum absolute atomic E-state index is 0.132. The maximum Gasteiger partial charge on any atom is 0.328 e. The average Bonchev–Trinajstić information content (AvgIpc) is 2.67. The molecule has 0 spiro atoms. The zero-order chi connectivity index (χ0) is 18.5. The van der Waals surface area contributed by atoms with E-state index >= 15 is 0 Å². The van der Waals surface area contributed by atoms with Crippen molar-refractivity contribution in [2.45, 2.75) is 12.5 Å². The van der Waals surface area contributed by atoms with E-state index < -0.39 is 23.7 Å². The van der Waals surface area contributed by atoms with Crippen LogP contribution in [0, 0.1) is 5.82 Å². The predicted molar refractivity (Wildman–Crippen MR) is 95.1 cm³/mol. The third-order valence-corrected chi connectivity index (χ3v) is 3.98. The Bertz CT molecular complexity index is 958. The zero-order valence-corrected chi connectivity index (χ0v) is 14.1. The molecule has 0 saturated carbocycles. The van der Waals surface area contributed by atoms with Gasteiger partial charge in [-0.3, -0.25) is 9.78 Å². The van der Waals surface area contributed by atoms with Crippen LogP contribution in [0.15, 0.2) is 60.7 Å². The molecule has 3 aromatic rings. The lowest BCUT2D eigenvalue weighted by atomic mass is 10.1. The van der Waals surface area contributed by atoms with Crippen molar-refractivity contribution in [3.63, 3.8) is 0 Å². The summed E-state index contributed by atoms with van der Waals surface area (Å²) in [6, 6.07) is 15.9. The first-order valence-electron chi connectivity index (χ1n) is 8.06. The van der Waals surface area contributed by atoms with E-state index in [2.05, 4.69) is 10.3 Å². The molecule has 0 aliphatic rings. The van der Waals surface area contributed by atoms with Crippen LogP contribution in [0.4, 0.5) is 4.39 Å². The second-order valence-electron chi connectivity index (χ2n) is 5.73. The van der Waals surface area contributed by atoms with Gasteiger partial charge in [0.05, 0.1) is 18.2 Å². The topological polar surface area (TPSA) is 68.3 Å². The highest BCUT2D eigenvalue weighted by molar-refractivity contribution is 5.97. The molecule has 0 aliphatic heterocycles. The molecule has 3 rings (SSSR count). The number of nitrogens with zero attached hydrogens (tertiary/aromatic N) is 1. The number of aromatic nitrogens is 1. The number of pyridine rings is 1. The number of halogens is 1. The monoisotopic (exact) mass is 352 g/mol. The fourth-order valence-electron chi connectivity index (χ4n) is 2.65. The Morgan fingerprint density at radius 2 is 1.81 bits per heavy atom. The number of esters is 1. The Morgan fingerprint density at radius 3 is 2.58 bits per heavy atom. The van der Waals surface area contributed by atoms with Gasteiger partial charge in [0.25, 0.3) is 5.91 Å². The first kappa shape index (κ1) is 17.5. The van der Waals surface area contributed by atoms with Crippen molar-refractivity contribution < 1.29 is 18.7 Å². The van der Waals surface area contributed by atoms with E-state index in [1.54, 1.807) is 12.1 Å². The molecule has 1 heterocycles. The number of nitrogens with one attached hydrogen (secondary N) is 1. The van der Waals surface area contributed by atoms with Gasteiger partial charge in [0.1, 0.15) is 11.9 Å². The van der Waals surface area contributed by atoms with Crippen molar-refractivity contribution in [1.82, 2.24) is 10.3 Å². The minimum Gasteiger partial charge on any atom is -0.467 e. The number of rotatable bonds is 5. The van der Waals surface area contributed by atoms with Crippen molar-refractivity contribution in [3.8, 4) is 0 Å². The highest BCUT2D eigenvalue weighted by atomic mass is 19.1. The number of amides is 1. The number of benzene rings is 2. The van der Waals surface area contributed by atoms with Crippen LogP contribution < -0.4 is 5.32 Å². The van der Waals surface area contributed by atoms with Gasteiger partial charge in [0, 0.05) is 17.5 Å². The molecular weight excluding hydrogens is 335 g/mol. The molecule has 132 valence electrons. The lowest BCUT2D eigenvalue weighted by molar-refractivity contribution is -0.142. The van der Waals surface area contributed by atoms with Crippen LogP contribution >= 0.6 is 0 Å². The standard InChI is InChI=1S/C20H17FN2O3/c1-26-20(25)18(23-19(24)15-7-3-4-8-16(15)21)12-14-11-10-13-6-2-5-9-17(13)22-14/h2-11,18H,12H2,1H3,(H,23,24)/t18-/m1/s1. The van der Waals surface area contributed by atoms with Gasteiger partial charge in [0.2, 0.25) is 0 Å². The highest BCUT2D eigenvalue weighted by Crippen LogP contribution is 2.14. The van der Waals surface area contributed by atoms with E-state index in [1.165, 1.54) is 25.3 Å². The summed E-state index contributed by atoms with van der Waals surface area (Å²) in [4.78, 5) is 28.9. The van der Waals surface area contributed by atoms with Gasteiger partial charge in [-0.05, 0) is 24.3 Å². The average molecular weight is 352 g/mol. The minimum atomic E-state index is -0.972. The molecule has 0 aliphatic carbocycles. The second kappa shape index (κ2) is 7.74. The van der Waals surface area contributed by atoms with Crippen LogP contribution in [0.2, 0.25) is 0 Å². The van der Waals surface area contributed by atoms with E-state index in [9.17, 15) is 14.0 Å². The van der Waals surface area contributed by atoms with Gasteiger partial charge >= 0.3 is 5.97 Å². The summed E-state index contributed by atoms with van der Waals surface area (Å²) in [6.45, 7) is 0. The Labute approximate surface area is 149 Å². The summed E-state index contributed by atoms with van der Waals surface area (Å²) in [6.07, 6.45) is 0.137. The zero-order valence-electron chi connectivity index (χ0n) is 14.1. The molecular formula is C20H17FN2O3. The lowest BCUT2D eigenvalue weighted by Gasteiger charge is -2.16. The van der Waals surface area contributed by atoms with Crippen molar-refractivity contribution in [2.24, 2.45) is 0 Å². The summed E-state index contributed by atoms with van der Waals surface area (Å²) in [5.74, 6) is -1.96. The number of fused-ring (bicyclic) bond motifs is 1. The molecule has 6 heteroatoms. The van der Waals surface area contributed by atoms with E-state index in [-0.39, 0.29) is 12.0 Å². The molecule has 1 aromatic heterocycles. The van der Waals surface area contributed by atoms with Crippen molar-refractivity contribution in [1.29, 1.82) is 0 Å². The van der Waals surface area contributed by atoms with E-state index in [1.807, 2.05) is 30.3 Å². The number of hydrogen-bond donors (Lipinski definition) is 1. The summed E-state index contributed by atoms with van der Waals surface area (Å²) < 4.78 is 18.5. The van der Waals surface area contributed by atoms with Gasteiger partial charge in [-0.2, -0.15) is 0 Å². The van der Waals surface area contributed by atoms with Gasteiger partial charge in [-0.1, -0.05) is 36.4 Å². The molecule has 2 aromatic carbocycles. The van der Waals surface area contributed by atoms with Crippen LogP contribution in [0.25, 0.3) is 10.9 Å². The first-order chi connectivity index (χ1) is 12.6. The maximum atomic E-state index is 13.8. The summed E-state index contributed by atoms with van der Waals surface area (Å²) in [7, 11) is 1.23. The van der Waals surface area contributed by atoms with Crippen molar-refractivity contribution in [3.05, 3.63) is 77.7 Å². The largest absolute Gasteiger partial charge is 0.467 e. The first-order valence-corrected chi connectivity index (χ1v) is 8.06. The van der Waals surface area contributed by atoms with Gasteiger partial charge < -0.3 is 10.1 Å². The van der Waals surface area contributed by atoms with Crippen LogP contribution in [-0.2, 0) is 16.0 Å². The normalized spacial score (nSPS) is 11.8. The maximum absolute atomic E-state index is 13.8.